The van der Waals surface area contributed by atoms with Crippen molar-refractivity contribution in [2.45, 2.75) is 13.3 Å². The van der Waals surface area contributed by atoms with E-state index in [0.29, 0.717) is 28.5 Å². The van der Waals surface area contributed by atoms with Gasteiger partial charge in [0.05, 0.1) is 27.2 Å². The first kappa shape index (κ1) is 18.6. The Balaban J connectivity index is 1.50. The van der Waals surface area contributed by atoms with E-state index in [1.807, 2.05) is 24.3 Å². The van der Waals surface area contributed by atoms with Crippen molar-refractivity contribution in [3.63, 3.8) is 0 Å². The summed E-state index contributed by atoms with van der Waals surface area (Å²) < 4.78 is 2.40. The van der Waals surface area contributed by atoms with Crippen LogP contribution in [0.1, 0.15) is 21.6 Å². The van der Waals surface area contributed by atoms with Gasteiger partial charge in [-0.15, -0.1) is 0 Å². The molecule has 0 aliphatic carbocycles. The van der Waals surface area contributed by atoms with Crippen LogP contribution in [0.15, 0.2) is 53.6 Å². The molecule has 0 bridgehead atoms. The van der Waals surface area contributed by atoms with Crippen LogP contribution < -0.4 is 5.43 Å². The molecule has 2 aromatic heterocycles. The highest BCUT2D eigenvalue weighted by Crippen LogP contribution is 2.26. The van der Waals surface area contributed by atoms with Gasteiger partial charge in [-0.05, 0) is 37.3 Å². The number of hydrazone groups is 1. The number of carboxylic acid groups (broad SMARTS) is 1. The fraction of sp³-hybridized carbons (Fsp3) is 0.100. The van der Waals surface area contributed by atoms with Crippen molar-refractivity contribution in [3.05, 3.63) is 65.4 Å². The van der Waals surface area contributed by atoms with E-state index in [9.17, 15) is 9.90 Å². The number of para-hydroxylation sites is 1. The predicted molar refractivity (Wildman–Crippen MR) is 112 cm³/mol. The third-order valence-corrected chi connectivity index (χ3v) is 5.28. The van der Waals surface area contributed by atoms with E-state index in [-0.39, 0.29) is 11.4 Å². The topological polar surface area (TPSA) is 113 Å². The fourth-order valence-corrected chi connectivity index (χ4v) is 3.71. The summed E-state index contributed by atoms with van der Waals surface area (Å²) in [7, 11) is 0. The number of aromatic hydroxyl groups is 1. The molecule has 0 atom stereocenters. The van der Waals surface area contributed by atoms with Crippen LogP contribution in [-0.4, -0.2) is 37.2 Å². The molecule has 0 saturated carbocycles. The lowest BCUT2D eigenvalue weighted by atomic mass is 10.2. The molecule has 0 aliphatic heterocycles. The molecule has 29 heavy (non-hydrogen) atoms. The van der Waals surface area contributed by atoms with Crippen LogP contribution in [0.3, 0.4) is 0 Å². The van der Waals surface area contributed by atoms with E-state index < -0.39 is 5.97 Å². The normalized spacial score (nSPS) is 11.3. The number of nitrogens with zero attached hydrogens (tertiary/aromatic N) is 4. The Bertz CT molecular complexity index is 1200. The maximum Gasteiger partial charge on any atom is 0.335 e. The highest BCUT2D eigenvalue weighted by Gasteiger charge is 2.16. The van der Waals surface area contributed by atoms with Crippen LogP contribution in [0.25, 0.3) is 15.9 Å². The lowest BCUT2D eigenvalue weighted by molar-refractivity contribution is 0.0697. The van der Waals surface area contributed by atoms with Crippen LogP contribution in [0, 0.1) is 6.92 Å². The number of thiazole rings is 1. The van der Waals surface area contributed by atoms with Crippen molar-refractivity contribution in [2.75, 3.05) is 5.43 Å². The molecule has 0 spiro atoms. The number of fused-ring (bicyclic) bond motifs is 1. The molecule has 9 heteroatoms. The number of anilines is 1. The average Bonchev–Trinajstić information content (AvgIpc) is 3.26. The van der Waals surface area contributed by atoms with Gasteiger partial charge in [-0.25, -0.2) is 14.5 Å². The smallest absolute Gasteiger partial charge is 0.335 e. The zero-order chi connectivity index (χ0) is 20.4. The lowest BCUT2D eigenvalue weighted by Crippen LogP contribution is -2.01. The van der Waals surface area contributed by atoms with Gasteiger partial charge in [0, 0.05) is 18.2 Å². The molecule has 0 aliphatic rings. The molecule has 0 radical (unpaired) electrons. The Kier molecular flexibility index (Phi) is 4.96. The molecule has 4 aromatic rings. The molecular formula is C20H17N5O3S. The highest BCUT2D eigenvalue weighted by molar-refractivity contribution is 7.22. The number of aromatic carboxylic acids is 1. The van der Waals surface area contributed by atoms with Gasteiger partial charge in [-0.2, -0.15) is 10.2 Å². The van der Waals surface area contributed by atoms with Crippen molar-refractivity contribution < 1.29 is 15.0 Å². The molecule has 0 fully saturated rings. The van der Waals surface area contributed by atoms with Gasteiger partial charge >= 0.3 is 5.97 Å². The summed E-state index contributed by atoms with van der Waals surface area (Å²) in [5.41, 5.74) is 5.66. The van der Waals surface area contributed by atoms with Gasteiger partial charge in [-0.1, -0.05) is 29.5 Å². The number of carboxylic acids is 1. The van der Waals surface area contributed by atoms with E-state index in [1.54, 1.807) is 25.3 Å². The summed E-state index contributed by atoms with van der Waals surface area (Å²) in [5, 5.41) is 28.9. The monoisotopic (exact) mass is 407 g/mol. The van der Waals surface area contributed by atoms with E-state index in [4.69, 9.17) is 5.11 Å². The Labute approximate surface area is 169 Å². The Morgan fingerprint density at radius 1 is 1.28 bits per heavy atom. The number of carbonyl (C=O) groups is 1. The van der Waals surface area contributed by atoms with Crippen molar-refractivity contribution in [2.24, 2.45) is 5.10 Å². The van der Waals surface area contributed by atoms with E-state index in [0.717, 1.165) is 10.2 Å². The average molecular weight is 407 g/mol. The summed E-state index contributed by atoms with van der Waals surface area (Å²) in [6.45, 7) is 1.78. The summed E-state index contributed by atoms with van der Waals surface area (Å²) in [6, 6.07) is 14.1. The van der Waals surface area contributed by atoms with Crippen molar-refractivity contribution in [1.29, 1.82) is 0 Å². The summed E-state index contributed by atoms with van der Waals surface area (Å²) in [6.07, 6.45) is 1.99. The number of nitrogens with one attached hydrogen (secondary N) is 1. The Morgan fingerprint density at radius 3 is 2.90 bits per heavy atom. The number of aryl methyl sites for hydroxylation is 1. The van der Waals surface area contributed by atoms with Gasteiger partial charge in [0.2, 0.25) is 11.0 Å². The molecule has 4 rings (SSSR count). The second-order valence-electron chi connectivity index (χ2n) is 6.27. The molecule has 8 nitrogen and oxygen atoms in total. The number of rotatable bonds is 6. The van der Waals surface area contributed by atoms with Crippen LogP contribution >= 0.6 is 11.3 Å². The zero-order valence-corrected chi connectivity index (χ0v) is 16.2. The maximum absolute atomic E-state index is 11.2. The summed E-state index contributed by atoms with van der Waals surface area (Å²) in [5.74, 6) is -1.08. The SMILES string of the molecule is Cc1nn(-c2cccc(C(=O)O)c2)c(O)c1CC=NNc1nc2ccccc2s1. The molecule has 2 aromatic carbocycles. The van der Waals surface area contributed by atoms with Crippen LogP contribution in [-0.2, 0) is 6.42 Å². The molecule has 0 unspecified atom stereocenters. The van der Waals surface area contributed by atoms with Gasteiger partial charge < -0.3 is 10.2 Å². The fourth-order valence-electron chi connectivity index (χ4n) is 2.89. The molecule has 146 valence electrons. The Hall–Kier alpha value is -3.72. The number of hydrogen-bond acceptors (Lipinski definition) is 7. The highest BCUT2D eigenvalue weighted by atomic mass is 32.1. The van der Waals surface area contributed by atoms with Crippen LogP contribution in [0.2, 0.25) is 0 Å². The number of aromatic nitrogens is 3. The maximum atomic E-state index is 11.2. The van der Waals surface area contributed by atoms with E-state index in [2.05, 4.69) is 20.6 Å². The van der Waals surface area contributed by atoms with Crippen LogP contribution in [0.4, 0.5) is 5.13 Å². The lowest BCUT2D eigenvalue weighted by Gasteiger charge is -2.04. The zero-order valence-electron chi connectivity index (χ0n) is 15.4. The van der Waals surface area contributed by atoms with Crippen molar-refractivity contribution >= 4 is 38.9 Å². The quantitative estimate of drug-likeness (QED) is 0.331. The van der Waals surface area contributed by atoms with E-state index >= 15 is 0 Å². The first-order chi connectivity index (χ1) is 14.0. The van der Waals surface area contributed by atoms with E-state index in [1.165, 1.54) is 28.2 Å². The summed E-state index contributed by atoms with van der Waals surface area (Å²) >= 11 is 1.51. The largest absolute Gasteiger partial charge is 0.493 e. The van der Waals surface area contributed by atoms with Gasteiger partial charge in [-0.3, -0.25) is 5.43 Å². The molecular weight excluding hydrogens is 390 g/mol. The second kappa shape index (κ2) is 7.72. The minimum absolute atomic E-state index is 0.0449. The summed E-state index contributed by atoms with van der Waals surface area (Å²) in [4.78, 5) is 15.6. The third kappa shape index (κ3) is 3.81. The standard InChI is InChI=1S/C20H17N5O3S/c1-12-15(9-10-21-23-20-22-16-7-2-3-8-17(16)29-20)18(26)25(24-12)14-6-4-5-13(11-14)19(27)28/h2-8,10-11,26H,9H2,1H3,(H,22,23)(H,27,28). The number of benzene rings is 2. The van der Waals surface area contributed by atoms with Crippen molar-refractivity contribution in [1.82, 2.24) is 14.8 Å². The van der Waals surface area contributed by atoms with Crippen molar-refractivity contribution in [3.8, 4) is 11.6 Å². The molecule has 0 saturated heterocycles. The molecule has 2 heterocycles. The minimum Gasteiger partial charge on any atom is -0.493 e. The first-order valence-electron chi connectivity index (χ1n) is 8.77. The first-order valence-corrected chi connectivity index (χ1v) is 9.59. The molecule has 3 N–H and O–H groups in total. The third-order valence-electron chi connectivity index (χ3n) is 4.34. The molecule has 0 amide bonds. The number of hydrogen-bond donors (Lipinski definition) is 3. The van der Waals surface area contributed by atoms with Gasteiger partial charge in [0.15, 0.2) is 0 Å². The Morgan fingerprint density at radius 2 is 2.10 bits per heavy atom. The van der Waals surface area contributed by atoms with Gasteiger partial charge in [0.1, 0.15) is 0 Å². The van der Waals surface area contributed by atoms with Crippen LogP contribution in [0.5, 0.6) is 5.88 Å². The van der Waals surface area contributed by atoms with Gasteiger partial charge in [0.25, 0.3) is 0 Å². The predicted octanol–water partition coefficient (Wildman–Crippen LogP) is 3.83. The minimum atomic E-state index is -1.04. The second-order valence-corrected chi connectivity index (χ2v) is 7.30.